The van der Waals surface area contributed by atoms with E-state index in [1.165, 1.54) is 56.2 Å². The van der Waals surface area contributed by atoms with Crippen LogP contribution in [0.25, 0.3) is 0 Å². The third-order valence-electron chi connectivity index (χ3n) is 5.01. The van der Waals surface area contributed by atoms with Crippen molar-refractivity contribution in [2.24, 2.45) is 0 Å². The minimum atomic E-state index is 0.503. The monoisotopic (exact) mass is 259 g/mol. The molecule has 1 saturated heterocycles. The highest BCUT2D eigenvalue weighted by atomic mass is 16.3. The molecule has 1 fully saturated rings. The summed E-state index contributed by atoms with van der Waals surface area (Å²) in [6.07, 6.45) is 8.93. The first-order valence-corrected chi connectivity index (χ1v) is 7.87. The minimum Gasteiger partial charge on any atom is -0.508 e. The maximum Gasteiger partial charge on any atom is 0.119 e. The summed E-state index contributed by atoms with van der Waals surface area (Å²) in [6, 6.07) is 7.35. The summed E-state index contributed by atoms with van der Waals surface area (Å²) in [5.74, 6) is 0.503. The Kier molecular flexibility index (Phi) is 3.79. The number of fused-ring (bicyclic) bond motifs is 1. The number of likely N-dealkylation sites (tertiary alicyclic amines) is 1. The van der Waals surface area contributed by atoms with Crippen molar-refractivity contribution in [2.75, 3.05) is 6.54 Å². The average molecular weight is 259 g/mol. The number of hydrogen-bond donors (Lipinski definition) is 1. The number of phenols is 1. The van der Waals surface area contributed by atoms with Crippen molar-refractivity contribution in [1.29, 1.82) is 0 Å². The van der Waals surface area contributed by atoms with Crippen LogP contribution in [0.5, 0.6) is 5.75 Å². The van der Waals surface area contributed by atoms with E-state index in [0.717, 1.165) is 12.5 Å². The molecule has 0 spiro atoms. The van der Waals surface area contributed by atoms with E-state index < -0.39 is 0 Å². The van der Waals surface area contributed by atoms with Crippen molar-refractivity contribution >= 4 is 0 Å². The van der Waals surface area contributed by atoms with Gasteiger partial charge < -0.3 is 5.11 Å². The Hall–Kier alpha value is -1.02. The Labute approximate surface area is 116 Å². The van der Waals surface area contributed by atoms with Gasteiger partial charge >= 0.3 is 0 Å². The predicted octanol–water partition coefficient (Wildman–Crippen LogP) is 4.03. The normalized spacial score (nSPS) is 28.1. The molecule has 0 amide bonds. The van der Waals surface area contributed by atoms with E-state index in [4.69, 9.17) is 0 Å². The van der Waals surface area contributed by atoms with Gasteiger partial charge in [-0.15, -0.1) is 0 Å². The van der Waals surface area contributed by atoms with Crippen LogP contribution in [-0.4, -0.2) is 22.6 Å². The van der Waals surface area contributed by atoms with Crippen molar-refractivity contribution in [3.05, 3.63) is 29.3 Å². The number of benzene rings is 1. The first-order chi connectivity index (χ1) is 9.31. The van der Waals surface area contributed by atoms with Crippen LogP contribution in [0, 0.1) is 0 Å². The predicted molar refractivity (Wildman–Crippen MR) is 78.4 cm³/mol. The van der Waals surface area contributed by atoms with Gasteiger partial charge in [-0.25, -0.2) is 0 Å². The zero-order valence-corrected chi connectivity index (χ0v) is 11.9. The molecule has 2 aliphatic rings. The summed E-state index contributed by atoms with van der Waals surface area (Å²) >= 11 is 0. The Morgan fingerprint density at radius 2 is 2.11 bits per heavy atom. The van der Waals surface area contributed by atoms with E-state index in [2.05, 4.69) is 17.9 Å². The fourth-order valence-electron chi connectivity index (χ4n) is 4.01. The summed E-state index contributed by atoms with van der Waals surface area (Å²) in [4.78, 5) is 2.73. The topological polar surface area (TPSA) is 23.5 Å². The van der Waals surface area contributed by atoms with E-state index in [-0.39, 0.29) is 0 Å². The molecule has 1 N–H and O–H groups in total. The van der Waals surface area contributed by atoms with Gasteiger partial charge in [0.1, 0.15) is 5.75 Å². The fraction of sp³-hybridized carbons (Fsp3) is 0.647. The van der Waals surface area contributed by atoms with E-state index in [9.17, 15) is 5.11 Å². The highest BCUT2D eigenvalue weighted by Gasteiger charge is 2.33. The van der Waals surface area contributed by atoms with Gasteiger partial charge in [-0.3, -0.25) is 4.90 Å². The minimum absolute atomic E-state index is 0.503. The molecule has 2 unspecified atom stereocenters. The molecular formula is C17H25NO. The fourth-order valence-corrected chi connectivity index (χ4v) is 4.01. The molecule has 1 heterocycles. The Morgan fingerprint density at radius 3 is 2.95 bits per heavy atom. The van der Waals surface area contributed by atoms with E-state index in [1.807, 2.05) is 12.1 Å². The van der Waals surface area contributed by atoms with Crippen LogP contribution in [0.15, 0.2) is 18.2 Å². The smallest absolute Gasteiger partial charge is 0.119 e. The molecule has 2 nitrogen and oxygen atoms in total. The van der Waals surface area contributed by atoms with Gasteiger partial charge in [-0.2, -0.15) is 0 Å². The van der Waals surface area contributed by atoms with Crippen molar-refractivity contribution in [1.82, 2.24) is 4.90 Å². The van der Waals surface area contributed by atoms with Crippen LogP contribution >= 0.6 is 0 Å². The average Bonchev–Trinajstić information content (AvgIpc) is 2.71. The molecule has 1 aliphatic carbocycles. The first-order valence-electron chi connectivity index (χ1n) is 7.87. The van der Waals surface area contributed by atoms with Crippen molar-refractivity contribution < 1.29 is 5.11 Å². The van der Waals surface area contributed by atoms with E-state index in [1.54, 1.807) is 0 Å². The molecule has 2 heteroatoms. The molecule has 0 radical (unpaired) electrons. The van der Waals surface area contributed by atoms with E-state index in [0.29, 0.717) is 11.8 Å². The Balaban J connectivity index is 1.89. The van der Waals surface area contributed by atoms with Crippen molar-refractivity contribution in [2.45, 2.75) is 64.0 Å². The number of nitrogens with zero attached hydrogens (tertiary/aromatic N) is 1. The molecular weight excluding hydrogens is 234 g/mol. The summed E-state index contributed by atoms with van der Waals surface area (Å²) in [6.45, 7) is 3.56. The molecule has 1 aromatic carbocycles. The summed E-state index contributed by atoms with van der Waals surface area (Å²) in [7, 11) is 0. The van der Waals surface area contributed by atoms with Gasteiger partial charge in [-0.05, 0) is 55.8 Å². The standard InChI is InChI=1S/C17H25NO/c1-2-13-7-4-3-5-12-18(13)16-11-10-15-14(16)8-6-9-17(15)19/h6,8-9,13,16,19H,2-5,7,10-12H2,1H3. The molecule has 0 aromatic heterocycles. The van der Waals surface area contributed by atoms with Crippen LogP contribution in [-0.2, 0) is 6.42 Å². The molecule has 1 aliphatic heterocycles. The lowest BCUT2D eigenvalue weighted by Crippen LogP contribution is -2.36. The number of rotatable bonds is 2. The highest BCUT2D eigenvalue weighted by Crippen LogP contribution is 2.42. The molecule has 0 bridgehead atoms. The zero-order chi connectivity index (χ0) is 13.2. The second-order valence-corrected chi connectivity index (χ2v) is 6.05. The van der Waals surface area contributed by atoms with Gasteiger partial charge in [0.05, 0.1) is 0 Å². The van der Waals surface area contributed by atoms with Crippen LogP contribution < -0.4 is 0 Å². The first kappa shape index (κ1) is 13.0. The summed E-state index contributed by atoms with van der Waals surface area (Å²) < 4.78 is 0. The largest absolute Gasteiger partial charge is 0.508 e. The van der Waals surface area contributed by atoms with Crippen molar-refractivity contribution in [3.8, 4) is 5.75 Å². The second-order valence-electron chi connectivity index (χ2n) is 6.05. The van der Waals surface area contributed by atoms with Crippen LogP contribution in [0.3, 0.4) is 0 Å². The maximum atomic E-state index is 10.0. The molecule has 104 valence electrons. The van der Waals surface area contributed by atoms with Gasteiger partial charge in [0.25, 0.3) is 0 Å². The molecule has 3 rings (SSSR count). The van der Waals surface area contributed by atoms with Crippen LogP contribution in [0.2, 0.25) is 0 Å². The molecule has 0 saturated carbocycles. The Bertz CT molecular complexity index is 443. The van der Waals surface area contributed by atoms with Gasteiger partial charge in [-0.1, -0.05) is 31.9 Å². The van der Waals surface area contributed by atoms with E-state index >= 15 is 0 Å². The lowest BCUT2D eigenvalue weighted by Gasteiger charge is -2.35. The number of phenolic OH excluding ortho intramolecular Hbond substituents is 1. The number of hydrogen-bond acceptors (Lipinski definition) is 2. The lowest BCUT2D eigenvalue weighted by atomic mass is 10.0. The molecule has 19 heavy (non-hydrogen) atoms. The summed E-state index contributed by atoms with van der Waals surface area (Å²) in [5, 5.41) is 10.0. The molecule has 2 atom stereocenters. The van der Waals surface area contributed by atoms with Gasteiger partial charge in [0.2, 0.25) is 0 Å². The third-order valence-corrected chi connectivity index (χ3v) is 5.01. The second kappa shape index (κ2) is 5.54. The number of aromatic hydroxyl groups is 1. The maximum absolute atomic E-state index is 10.0. The van der Waals surface area contributed by atoms with Crippen LogP contribution in [0.4, 0.5) is 0 Å². The quantitative estimate of drug-likeness (QED) is 0.866. The zero-order valence-electron chi connectivity index (χ0n) is 11.9. The Morgan fingerprint density at radius 1 is 1.21 bits per heavy atom. The summed E-state index contributed by atoms with van der Waals surface area (Å²) in [5.41, 5.74) is 2.59. The lowest BCUT2D eigenvalue weighted by molar-refractivity contribution is 0.132. The molecule has 1 aromatic rings. The SMILES string of the molecule is CCC1CCCCCN1C1CCc2c(O)cccc21. The van der Waals surface area contributed by atoms with Gasteiger partial charge in [0, 0.05) is 12.1 Å². The van der Waals surface area contributed by atoms with Crippen molar-refractivity contribution in [3.63, 3.8) is 0 Å². The van der Waals surface area contributed by atoms with Crippen LogP contribution in [0.1, 0.15) is 62.6 Å². The van der Waals surface area contributed by atoms with Gasteiger partial charge in [0.15, 0.2) is 0 Å². The highest BCUT2D eigenvalue weighted by molar-refractivity contribution is 5.44. The third kappa shape index (κ3) is 2.38.